The summed E-state index contributed by atoms with van der Waals surface area (Å²) >= 11 is 5.62. The van der Waals surface area contributed by atoms with Crippen molar-refractivity contribution < 1.29 is 4.42 Å². The molecule has 12 heavy (non-hydrogen) atoms. The van der Waals surface area contributed by atoms with E-state index in [1.807, 2.05) is 18.2 Å². The Morgan fingerprint density at radius 1 is 1.25 bits per heavy atom. The van der Waals surface area contributed by atoms with Crippen LogP contribution in [0, 0.1) is 0 Å². The highest BCUT2D eigenvalue weighted by atomic mass is 35.5. The number of pyridine rings is 1. The first kappa shape index (κ1) is 7.37. The second-order valence-corrected chi connectivity index (χ2v) is 2.72. The van der Waals surface area contributed by atoms with Crippen molar-refractivity contribution in [1.29, 1.82) is 0 Å². The Kier molecular flexibility index (Phi) is 1.84. The number of aromatic nitrogens is 1. The average molecular weight is 180 g/mol. The Labute approximate surface area is 74.8 Å². The minimum atomic E-state index is 0.397. The molecule has 2 nitrogen and oxygen atoms in total. The van der Waals surface area contributed by atoms with Crippen molar-refractivity contribution in [2.24, 2.45) is 0 Å². The summed E-state index contributed by atoms with van der Waals surface area (Å²) in [6.07, 6.45) is 3.45. The fraction of sp³-hybridized carbons (Fsp3) is 0. The SMILES string of the molecule is Clc1ccc(-c2cccnc2)o1. The van der Waals surface area contributed by atoms with Crippen LogP contribution in [0.15, 0.2) is 41.1 Å². The molecule has 0 aliphatic rings. The third kappa shape index (κ3) is 1.34. The van der Waals surface area contributed by atoms with E-state index in [2.05, 4.69) is 4.98 Å². The Morgan fingerprint density at radius 2 is 2.17 bits per heavy atom. The van der Waals surface area contributed by atoms with Crippen molar-refractivity contribution >= 4 is 11.6 Å². The van der Waals surface area contributed by atoms with Crippen LogP contribution in [0.25, 0.3) is 11.3 Å². The van der Waals surface area contributed by atoms with Crippen molar-refractivity contribution in [3.8, 4) is 11.3 Å². The number of rotatable bonds is 1. The summed E-state index contributed by atoms with van der Waals surface area (Å²) in [6.45, 7) is 0. The molecule has 0 atom stereocenters. The van der Waals surface area contributed by atoms with Crippen LogP contribution in [0.3, 0.4) is 0 Å². The molecule has 0 saturated heterocycles. The number of nitrogens with zero attached hydrogens (tertiary/aromatic N) is 1. The Balaban J connectivity index is 2.45. The molecule has 2 aromatic rings. The van der Waals surface area contributed by atoms with Gasteiger partial charge in [0, 0.05) is 18.0 Å². The van der Waals surface area contributed by atoms with E-state index >= 15 is 0 Å². The average Bonchev–Trinajstić information content (AvgIpc) is 2.54. The third-order valence-electron chi connectivity index (χ3n) is 1.52. The lowest BCUT2D eigenvalue weighted by molar-refractivity contribution is 0.584. The monoisotopic (exact) mass is 179 g/mol. The summed E-state index contributed by atoms with van der Waals surface area (Å²) in [4.78, 5) is 3.97. The third-order valence-corrected chi connectivity index (χ3v) is 1.72. The Hall–Kier alpha value is -1.28. The van der Waals surface area contributed by atoms with Gasteiger partial charge in [-0.3, -0.25) is 4.98 Å². The first-order chi connectivity index (χ1) is 5.86. The van der Waals surface area contributed by atoms with Gasteiger partial charge in [-0.15, -0.1) is 0 Å². The zero-order chi connectivity index (χ0) is 8.39. The molecule has 0 aliphatic heterocycles. The zero-order valence-electron chi connectivity index (χ0n) is 6.20. The van der Waals surface area contributed by atoms with E-state index in [1.54, 1.807) is 18.5 Å². The van der Waals surface area contributed by atoms with Crippen molar-refractivity contribution in [3.05, 3.63) is 41.9 Å². The van der Waals surface area contributed by atoms with E-state index in [0.29, 0.717) is 5.22 Å². The second kappa shape index (κ2) is 2.99. The standard InChI is InChI=1S/C9H6ClNO/c10-9-4-3-8(12-9)7-2-1-5-11-6-7/h1-6H. The van der Waals surface area contributed by atoms with Crippen LogP contribution in [-0.4, -0.2) is 4.98 Å². The normalized spacial score (nSPS) is 10.1. The van der Waals surface area contributed by atoms with Crippen LogP contribution in [0.5, 0.6) is 0 Å². The molecule has 0 radical (unpaired) electrons. The smallest absolute Gasteiger partial charge is 0.193 e. The highest BCUT2D eigenvalue weighted by Gasteiger charge is 2.01. The summed E-state index contributed by atoms with van der Waals surface area (Å²) in [5.41, 5.74) is 0.935. The molecular formula is C9H6ClNO. The summed E-state index contributed by atoms with van der Waals surface area (Å²) < 4.78 is 5.19. The molecule has 0 fully saturated rings. The lowest BCUT2D eigenvalue weighted by Crippen LogP contribution is -1.73. The van der Waals surface area contributed by atoms with Gasteiger partial charge in [-0.05, 0) is 35.9 Å². The molecule has 0 N–H and O–H groups in total. The number of hydrogen-bond acceptors (Lipinski definition) is 2. The Bertz CT molecular complexity index is 369. The van der Waals surface area contributed by atoms with Gasteiger partial charge in [-0.25, -0.2) is 0 Å². The fourth-order valence-corrected chi connectivity index (χ4v) is 1.12. The maximum absolute atomic E-state index is 5.62. The largest absolute Gasteiger partial charge is 0.445 e. The van der Waals surface area contributed by atoms with Gasteiger partial charge < -0.3 is 4.42 Å². The van der Waals surface area contributed by atoms with Gasteiger partial charge in [0.1, 0.15) is 5.76 Å². The van der Waals surface area contributed by atoms with Crippen LogP contribution in [0.1, 0.15) is 0 Å². The lowest BCUT2D eigenvalue weighted by atomic mass is 10.2. The summed E-state index contributed by atoms with van der Waals surface area (Å²) in [7, 11) is 0. The second-order valence-electron chi connectivity index (χ2n) is 2.35. The highest BCUT2D eigenvalue weighted by molar-refractivity contribution is 6.28. The number of hydrogen-bond donors (Lipinski definition) is 0. The first-order valence-electron chi connectivity index (χ1n) is 3.52. The predicted molar refractivity (Wildman–Crippen MR) is 46.9 cm³/mol. The summed E-state index contributed by atoms with van der Waals surface area (Å²) in [6, 6.07) is 7.30. The molecule has 2 rings (SSSR count). The predicted octanol–water partition coefficient (Wildman–Crippen LogP) is 3.00. The molecule has 0 unspecified atom stereocenters. The first-order valence-corrected chi connectivity index (χ1v) is 3.90. The van der Waals surface area contributed by atoms with E-state index < -0.39 is 0 Å². The molecule has 2 heterocycles. The summed E-state index contributed by atoms with van der Waals surface area (Å²) in [5.74, 6) is 0.744. The van der Waals surface area contributed by atoms with Crippen molar-refractivity contribution in [2.45, 2.75) is 0 Å². The fourth-order valence-electron chi connectivity index (χ4n) is 0.978. The maximum atomic E-state index is 5.62. The van der Waals surface area contributed by atoms with Gasteiger partial charge in [-0.2, -0.15) is 0 Å². The van der Waals surface area contributed by atoms with Crippen LogP contribution < -0.4 is 0 Å². The van der Waals surface area contributed by atoms with E-state index in [9.17, 15) is 0 Å². The molecule has 0 bridgehead atoms. The quantitative estimate of drug-likeness (QED) is 0.673. The summed E-state index contributed by atoms with van der Waals surface area (Å²) in [5, 5.41) is 0.397. The molecule has 0 spiro atoms. The minimum absolute atomic E-state index is 0.397. The number of furan rings is 1. The molecule has 0 amide bonds. The van der Waals surface area contributed by atoms with Gasteiger partial charge in [-0.1, -0.05) is 0 Å². The molecular weight excluding hydrogens is 174 g/mol. The van der Waals surface area contributed by atoms with E-state index in [-0.39, 0.29) is 0 Å². The minimum Gasteiger partial charge on any atom is -0.445 e. The van der Waals surface area contributed by atoms with Crippen molar-refractivity contribution in [1.82, 2.24) is 4.98 Å². The van der Waals surface area contributed by atoms with E-state index in [0.717, 1.165) is 11.3 Å². The molecule has 0 aromatic carbocycles. The van der Waals surface area contributed by atoms with Gasteiger partial charge in [0.25, 0.3) is 0 Å². The molecule has 2 aromatic heterocycles. The van der Waals surface area contributed by atoms with E-state index in [4.69, 9.17) is 16.0 Å². The number of halogens is 1. The van der Waals surface area contributed by atoms with Gasteiger partial charge in [0.15, 0.2) is 5.22 Å². The molecule has 60 valence electrons. The van der Waals surface area contributed by atoms with E-state index in [1.165, 1.54) is 0 Å². The maximum Gasteiger partial charge on any atom is 0.193 e. The molecule has 3 heteroatoms. The highest BCUT2D eigenvalue weighted by Crippen LogP contribution is 2.23. The topological polar surface area (TPSA) is 26.0 Å². The van der Waals surface area contributed by atoms with Gasteiger partial charge in [0.05, 0.1) is 0 Å². The van der Waals surface area contributed by atoms with Gasteiger partial charge >= 0.3 is 0 Å². The Morgan fingerprint density at radius 3 is 2.75 bits per heavy atom. The molecule has 0 aliphatic carbocycles. The van der Waals surface area contributed by atoms with Gasteiger partial charge in [0.2, 0.25) is 0 Å². The lowest BCUT2D eigenvalue weighted by Gasteiger charge is -1.92. The zero-order valence-corrected chi connectivity index (χ0v) is 6.95. The van der Waals surface area contributed by atoms with Crippen molar-refractivity contribution in [2.75, 3.05) is 0 Å². The van der Waals surface area contributed by atoms with Crippen LogP contribution in [-0.2, 0) is 0 Å². The van der Waals surface area contributed by atoms with Crippen LogP contribution in [0.2, 0.25) is 5.22 Å². The molecule has 0 saturated carbocycles. The van der Waals surface area contributed by atoms with Crippen LogP contribution in [0.4, 0.5) is 0 Å². The van der Waals surface area contributed by atoms with Crippen molar-refractivity contribution in [3.63, 3.8) is 0 Å². The van der Waals surface area contributed by atoms with Crippen LogP contribution >= 0.6 is 11.6 Å².